The van der Waals surface area contributed by atoms with Crippen molar-refractivity contribution >= 4 is 23.1 Å². The Hall–Kier alpha value is -2.88. The first-order valence-corrected chi connectivity index (χ1v) is 6.81. The van der Waals surface area contributed by atoms with Crippen molar-refractivity contribution in [2.45, 2.75) is 0 Å². The normalized spacial score (nSPS) is 11.2. The molecule has 0 bridgehead atoms. The lowest BCUT2D eigenvalue weighted by Gasteiger charge is -2.05. The Morgan fingerprint density at radius 1 is 0.909 bits per heavy atom. The molecule has 0 atom stereocenters. The van der Waals surface area contributed by atoms with E-state index in [2.05, 4.69) is 0 Å². The monoisotopic (exact) mass is 296 g/mol. The number of ether oxygens (including phenoxy) is 2. The number of furan rings is 1. The maximum atomic E-state index is 9.97. The second-order valence-electron chi connectivity index (χ2n) is 4.85. The number of hydrogen-bond acceptors (Lipinski definition) is 4. The van der Waals surface area contributed by atoms with Gasteiger partial charge in [-0.25, -0.2) is 0 Å². The van der Waals surface area contributed by atoms with E-state index in [1.165, 1.54) is 0 Å². The van der Waals surface area contributed by atoms with Gasteiger partial charge < -0.3 is 19.0 Å². The van der Waals surface area contributed by atoms with Gasteiger partial charge in [-0.3, -0.25) is 0 Å². The number of aromatic hydroxyl groups is 1. The molecule has 0 radical (unpaired) electrons. The molecule has 112 valence electrons. The highest BCUT2D eigenvalue weighted by atomic mass is 16.5. The molecule has 3 rings (SSSR count). The number of benzene rings is 2. The summed E-state index contributed by atoms with van der Waals surface area (Å²) in [5, 5.41) is 10.7. The summed E-state index contributed by atoms with van der Waals surface area (Å²) in [6, 6.07) is 11.0. The Bertz CT molecular complexity index is 808. The summed E-state index contributed by atoms with van der Waals surface area (Å²) in [7, 11) is 3.23. The van der Waals surface area contributed by atoms with Crippen LogP contribution in [0.25, 0.3) is 23.1 Å². The summed E-state index contributed by atoms with van der Waals surface area (Å²) in [6.07, 6.45) is 5.38. The molecule has 0 aliphatic carbocycles. The van der Waals surface area contributed by atoms with E-state index in [1.807, 2.05) is 36.4 Å². The van der Waals surface area contributed by atoms with Crippen LogP contribution < -0.4 is 9.47 Å². The van der Waals surface area contributed by atoms with Crippen LogP contribution in [-0.2, 0) is 0 Å². The maximum Gasteiger partial charge on any atom is 0.138 e. The largest absolute Gasteiger partial charge is 0.507 e. The highest BCUT2D eigenvalue weighted by Gasteiger charge is 2.04. The molecule has 4 nitrogen and oxygen atoms in total. The number of hydrogen-bond donors (Lipinski definition) is 1. The Morgan fingerprint density at radius 2 is 1.55 bits per heavy atom. The van der Waals surface area contributed by atoms with Gasteiger partial charge in [0.15, 0.2) is 0 Å². The molecule has 0 amide bonds. The fourth-order valence-electron chi connectivity index (χ4n) is 2.29. The molecule has 1 N–H and O–H groups in total. The van der Waals surface area contributed by atoms with Crippen molar-refractivity contribution in [1.29, 1.82) is 0 Å². The number of rotatable bonds is 4. The van der Waals surface area contributed by atoms with Crippen LogP contribution in [0.3, 0.4) is 0 Å². The summed E-state index contributed by atoms with van der Waals surface area (Å²) in [4.78, 5) is 0. The number of phenolic OH excluding ortho intramolecular Hbond substituents is 1. The number of fused-ring (bicyclic) bond motifs is 1. The number of phenols is 1. The van der Waals surface area contributed by atoms with Gasteiger partial charge in [-0.1, -0.05) is 12.2 Å². The van der Waals surface area contributed by atoms with Gasteiger partial charge in [0.2, 0.25) is 0 Å². The average molecular weight is 296 g/mol. The molecule has 4 heteroatoms. The minimum Gasteiger partial charge on any atom is -0.507 e. The van der Waals surface area contributed by atoms with E-state index in [1.54, 1.807) is 32.6 Å². The quantitative estimate of drug-likeness (QED) is 0.728. The van der Waals surface area contributed by atoms with E-state index in [-0.39, 0.29) is 5.75 Å². The lowest BCUT2D eigenvalue weighted by atomic mass is 10.1. The van der Waals surface area contributed by atoms with Gasteiger partial charge >= 0.3 is 0 Å². The van der Waals surface area contributed by atoms with Crippen molar-refractivity contribution in [3.63, 3.8) is 0 Å². The van der Waals surface area contributed by atoms with E-state index in [0.717, 1.165) is 22.6 Å². The molecule has 1 aromatic heterocycles. The molecule has 0 saturated heterocycles. The van der Waals surface area contributed by atoms with Gasteiger partial charge in [-0.2, -0.15) is 0 Å². The lowest BCUT2D eigenvalue weighted by molar-refractivity contribution is 0.394. The molecule has 2 aromatic carbocycles. The standard InChI is InChI=1S/C18H16O4/c1-20-14-7-12(8-15(11-14)21-2)3-4-13-9-17(19)16-5-6-22-18(16)10-13/h3-11,19H,1-2H3. The molecule has 0 aliphatic rings. The Balaban J connectivity index is 1.95. The number of methoxy groups -OCH3 is 2. The summed E-state index contributed by atoms with van der Waals surface area (Å²) < 4.78 is 15.8. The fourth-order valence-corrected chi connectivity index (χ4v) is 2.29. The second-order valence-corrected chi connectivity index (χ2v) is 4.85. The van der Waals surface area contributed by atoms with Crippen LogP contribution in [0.2, 0.25) is 0 Å². The van der Waals surface area contributed by atoms with Crippen molar-refractivity contribution < 1.29 is 19.0 Å². The summed E-state index contributed by atoms with van der Waals surface area (Å²) in [5.74, 6) is 1.65. The van der Waals surface area contributed by atoms with E-state index in [4.69, 9.17) is 13.9 Å². The molecule has 0 fully saturated rings. The fraction of sp³-hybridized carbons (Fsp3) is 0.111. The zero-order chi connectivity index (χ0) is 15.5. The topological polar surface area (TPSA) is 51.8 Å². The van der Waals surface area contributed by atoms with E-state index >= 15 is 0 Å². The Morgan fingerprint density at radius 3 is 2.18 bits per heavy atom. The van der Waals surface area contributed by atoms with Crippen LogP contribution in [0.15, 0.2) is 47.1 Å². The van der Waals surface area contributed by atoms with Crippen LogP contribution in [0.4, 0.5) is 0 Å². The van der Waals surface area contributed by atoms with Crippen LogP contribution in [0, 0.1) is 0 Å². The van der Waals surface area contributed by atoms with Crippen LogP contribution in [0.5, 0.6) is 17.2 Å². The van der Waals surface area contributed by atoms with Gasteiger partial charge in [0.1, 0.15) is 22.8 Å². The SMILES string of the molecule is COc1cc(C=Cc2cc(O)c3ccoc3c2)cc(OC)c1. The van der Waals surface area contributed by atoms with Gasteiger partial charge in [0.05, 0.1) is 25.9 Å². The summed E-state index contributed by atoms with van der Waals surface area (Å²) in [5.41, 5.74) is 2.44. The molecule has 0 saturated carbocycles. The zero-order valence-corrected chi connectivity index (χ0v) is 12.4. The minimum atomic E-state index is 0.203. The van der Waals surface area contributed by atoms with E-state index in [0.29, 0.717) is 11.0 Å². The predicted molar refractivity (Wildman–Crippen MR) is 86.4 cm³/mol. The zero-order valence-electron chi connectivity index (χ0n) is 12.4. The average Bonchev–Trinajstić information content (AvgIpc) is 3.01. The highest BCUT2D eigenvalue weighted by molar-refractivity contribution is 5.87. The van der Waals surface area contributed by atoms with E-state index < -0.39 is 0 Å². The first-order valence-electron chi connectivity index (χ1n) is 6.81. The third-order valence-corrected chi connectivity index (χ3v) is 3.41. The minimum absolute atomic E-state index is 0.203. The van der Waals surface area contributed by atoms with Crippen LogP contribution >= 0.6 is 0 Å². The molecular formula is C18H16O4. The van der Waals surface area contributed by atoms with Gasteiger partial charge in [0.25, 0.3) is 0 Å². The van der Waals surface area contributed by atoms with Crippen LogP contribution in [0.1, 0.15) is 11.1 Å². The first kappa shape index (κ1) is 14.1. The van der Waals surface area contributed by atoms with Crippen molar-refractivity contribution in [1.82, 2.24) is 0 Å². The van der Waals surface area contributed by atoms with Gasteiger partial charge in [-0.05, 0) is 41.5 Å². The van der Waals surface area contributed by atoms with Crippen LogP contribution in [-0.4, -0.2) is 19.3 Å². The lowest BCUT2D eigenvalue weighted by Crippen LogP contribution is -1.88. The third kappa shape index (κ3) is 2.76. The molecule has 3 aromatic rings. The molecule has 0 aliphatic heterocycles. The molecule has 0 spiro atoms. The van der Waals surface area contributed by atoms with Crippen molar-refractivity contribution in [2.75, 3.05) is 14.2 Å². The van der Waals surface area contributed by atoms with Gasteiger partial charge in [0, 0.05) is 6.07 Å². The van der Waals surface area contributed by atoms with Crippen molar-refractivity contribution in [3.8, 4) is 17.2 Å². The van der Waals surface area contributed by atoms with Gasteiger partial charge in [-0.15, -0.1) is 0 Å². The predicted octanol–water partition coefficient (Wildman–Crippen LogP) is 4.33. The maximum absolute atomic E-state index is 9.97. The third-order valence-electron chi connectivity index (χ3n) is 3.41. The second kappa shape index (κ2) is 5.85. The van der Waals surface area contributed by atoms with Crippen molar-refractivity contribution in [3.05, 3.63) is 53.8 Å². The molecule has 1 heterocycles. The van der Waals surface area contributed by atoms with E-state index in [9.17, 15) is 5.11 Å². The van der Waals surface area contributed by atoms with Crippen molar-refractivity contribution in [2.24, 2.45) is 0 Å². The smallest absolute Gasteiger partial charge is 0.138 e. The Kier molecular flexibility index (Phi) is 3.74. The molecule has 22 heavy (non-hydrogen) atoms. The first-order chi connectivity index (χ1) is 10.7. The Labute approximate surface area is 128 Å². The summed E-state index contributed by atoms with van der Waals surface area (Å²) in [6.45, 7) is 0. The summed E-state index contributed by atoms with van der Waals surface area (Å²) >= 11 is 0. The highest BCUT2D eigenvalue weighted by Crippen LogP contribution is 2.29. The molecular weight excluding hydrogens is 280 g/mol. The molecule has 0 unspecified atom stereocenters.